The maximum absolute atomic E-state index is 13.5. The molecule has 0 radical (unpaired) electrons. The van der Waals surface area contributed by atoms with E-state index in [2.05, 4.69) is 31.3 Å². The number of methoxy groups -OCH3 is 2. The number of piperazine rings is 2. The highest BCUT2D eigenvalue weighted by Crippen LogP contribution is 2.54. The summed E-state index contributed by atoms with van der Waals surface area (Å²) in [5.74, 6) is 0.124. The van der Waals surface area contributed by atoms with E-state index in [1.807, 2.05) is 9.36 Å². The largest absolute Gasteiger partial charge is 0.464 e. The Morgan fingerprint density at radius 2 is 0.918 bits per heavy atom. The van der Waals surface area contributed by atoms with E-state index in [9.17, 15) is 38.4 Å². The van der Waals surface area contributed by atoms with Crippen molar-refractivity contribution in [3.63, 3.8) is 0 Å². The molecular formula is C57H88N12O16. The summed E-state index contributed by atoms with van der Waals surface area (Å²) in [6.07, 6.45) is 5.62. The number of hydrogen-bond donors (Lipinski definition) is 2. The first kappa shape index (κ1) is 64.8. The number of aromatic nitrogens is 6. The molecule has 0 spiro atoms. The second kappa shape index (κ2) is 32.5. The van der Waals surface area contributed by atoms with Crippen LogP contribution in [0.5, 0.6) is 0 Å². The molecule has 28 heteroatoms. The highest BCUT2D eigenvalue weighted by molar-refractivity contribution is 6.01. The summed E-state index contributed by atoms with van der Waals surface area (Å²) < 4.78 is 47.1. The van der Waals surface area contributed by atoms with Gasteiger partial charge in [-0.2, -0.15) is 0 Å². The lowest BCUT2D eigenvalue weighted by molar-refractivity contribution is -0.146. The average Bonchev–Trinajstić information content (AvgIpc) is 2.12. The Morgan fingerprint density at radius 1 is 0.506 bits per heavy atom. The van der Waals surface area contributed by atoms with Gasteiger partial charge in [0, 0.05) is 93.3 Å². The van der Waals surface area contributed by atoms with E-state index in [-0.39, 0.29) is 133 Å². The van der Waals surface area contributed by atoms with Crippen LogP contribution in [0.1, 0.15) is 81.6 Å². The van der Waals surface area contributed by atoms with Gasteiger partial charge in [-0.05, 0) is 86.9 Å². The van der Waals surface area contributed by atoms with Gasteiger partial charge in [0.05, 0.1) is 120 Å². The molecule has 28 nitrogen and oxygen atoms in total. The van der Waals surface area contributed by atoms with Crippen molar-refractivity contribution in [3.05, 3.63) is 22.8 Å². The van der Waals surface area contributed by atoms with E-state index in [4.69, 9.17) is 37.9 Å². The number of nitrogens with zero attached hydrogens (tertiary/aromatic N) is 10. The molecule has 2 N–H and O–H groups in total. The van der Waals surface area contributed by atoms with Crippen LogP contribution < -0.4 is 10.6 Å². The van der Waals surface area contributed by atoms with Crippen molar-refractivity contribution in [1.29, 1.82) is 0 Å². The van der Waals surface area contributed by atoms with Crippen LogP contribution in [-0.2, 0) is 105 Å². The van der Waals surface area contributed by atoms with Crippen molar-refractivity contribution in [2.75, 3.05) is 146 Å². The van der Waals surface area contributed by atoms with Crippen LogP contribution in [0.25, 0.3) is 0 Å². The van der Waals surface area contributed by atoms with Gasteiger partial charge in [-0.25, -0.2) is 19.0 Å². The van der Waals surface area contributed by atoms with Crippen LogP contribution in [0.15, 0.2) is 0 Å². The molecule has 4 heterocycles. The van der Waals surface area contributed by atoms with E-state index in [0.29, 0.717) is 89.6 Å². The Balaban J connectivity index is 0.699. The first-order chi connectivity index (χ1) is 41.2. The SMILES string of the molecule is COCCOCCn1nnc2c1CC[C@@H]1[C@H](CC2)[C@@H]1COC(=O)NCCC(=O)N1CCN(CC(=O)CC(=O)CN2CCN(C(=O)CCNC(=O)OC[C@@H]3[C@@H]4CCc5nnn(CCOCCOC)c5CC[C@@H]43)CC2COC(C)=O)C(COC(C)=O)C1. The zero-order chi connectivity index (χ0) is 60.2. The number of ketones is 2. The number of hydrogen-bond acceptors (Lipinski definition) is 22. The Bertz CT molecular complexity index is 2410. The molecule has 85 heavy (non-hydrogen) atoms. The number of carbonyl (C=O) groups is 8. The normalized spacial score (nSPS) is 23.7. The number of rotatable bonds is 32. The number of Topliss-reactive ketones (excluding diaryl/α,β-unsaturated/α-hetero) is 2. The number of nitrogens with one attached hydrogen (secondary N) is 2. The summed E-state index contributed by atoms with van der Waals surface area (Å²) in [4.78, 5) is 110. The Hall–Kier alpha value is -6.20. The van der Waals surface area contributed by atoms with Crippen LogP contribution in [-0.4, -0.2) is 255 Å². The lowest BCUT2D eigenvalue weighted by Crippen LogP contribution is -2.58. The van der Waals surface area contributed by atoms with Gasteiger partial charge < -0.3 is 58.3 Å². The Morgan fingerprint density at radius 3 is 1.32 bits per heavy atom. The third-order valence-corrected chi connectivity index (χ3v) is 17.5. The van der Waals surface area contributed by atoms with Crippen molar-refractivity contribution in [3.8, 4) is 0 Å². The molecule has 2 saturated heterocycles. The monoisotopic (exact) mass is 1200 g/mol. The molecule has 472 valence electrons. The lowest BCUT2D eigenvalue weighted by atomic mass is 10.0. The number of alkyl carbamates (subject to hydrolysis) is 2. The van der Waals surface area contributed by atoms with E-state index in [1.54, 1.807) is 33.8 Å². The quantitative estimate of drug-likeness (QED) is 0.0430. The highest BCUT2D eigenvalue weighted by atomic mass is 16.6. The van der Waals surface area contributed by atoms with Crippen molar-refractivity contribution < 1.29 is 76.3 Å². The maximum atomic E-state index is 13.5. The van der Waals surface area contributed by atoms with Crippen molar-refractivity contribution in [1.82, 2.24) is 60.2 Å². The van der Waals surface area contributed by atoms with Gasteiger partial charge in [0.1, 0.15) is 13.2 Å². The standard InChI is InChI=1S/C57H88N12O16/c1-38(70)82-34-40-30-66(54(74)13-15-58-56(76)84-36-48-44-5-9-50-52(11-7-46(44)48)68(62-60-50)21-23-80-27-25-78-3)19-17-64(40)32-42(72)29-43(73)33-65-18-20-67(31-41(65)35-83-39(2)71)55(75)14-16-59-57(77)85-37-49-45-6-10-51-53(12-8-47(45)49)69(63-61-51)22-24-81-28-26-79-4/h40-41,44-49H,5-37H2,1-4H3,(H,58,76)(H,59,77)/t40?,41?,44-,45+,46+,47-,48-,49+. The Kier molecular flexibility index (Phi) is 24.8. The second-order valence-corrected chi connectivity index (χ2v) is 23.1. The second-order valence-electron chi connectivity index (χ2n) is 23.1. The fraction of sp³-hybridized carbons (Fsp3) is 0.789. The highest BCUT2D eigenvalue weighted by Gasteiger charge is 2.51. The zero-order valence-electron chi connectivity index (χ0n) is 50.0. The van der Waals surface area contributed by atoms with Crippen LogP contribution in [0, 0.1) is 35.5 Å². The third kappa shape index (κ3) is 19.4. The van der Waals surface area contributed by atoms with E-state index in [0.717, 1.165) is 74.1 Å². The number of aryl methyl sites for hydroxylation is 2. The molecule has 6 aliphatic rings. The summed E-state index contributed by atoms with van der Waals surface area (Å²) in [6.45, 7) is 8.73. The molecule has 2 aromatic rings. The first-order valence-corrected chi connectivity index (χ1v) is 30.3. The molecule has 4 amide bonds. The molecule has 2 saturated carbocycles. The summed E-state index contributed by atoms with van der Waals surface area (Å²) >= 11 is 0. The number of amides is 4. The zero-order valence-corrected chi connectivity index (χ0v) is 50.0. The molecule has 2 aromatic heterocycles. The number of ether oxygens (including phenoxy) is 8. The smallest absolute Gasteiger partial charge is 0.407 e. The molecule has 4 fully saturated rings. The summed E-state index contributed by atoms with van der Waals surface area (Å²) in [5, 5.41) is 23.0. The maximum Gasteiger partial charge on any atom is 0.407 e. The minimum atomic E-state index is -0.585. The first-order valence-electron chi connectivity index (χ1n) is 30.3. The van der Waals surface area contributed by atoms with Gasteiger partial charge >= 0.3 is 24.1 Å². The summed E-state index contributed by atoms with van der Waals surface area (Å²) in [5.41, 5.74) is 4.33. The van der Waals surface area contributed by atoms with Crippen LogP contribution in [0.2, 0.25) is 0 Å². The number of carbonyl (C=O) groups excluding carboxylic acids is 8. The van der Waals surface area contributed by atoms with Gasteiger partial charge in [0.15, 0.2) is 11.6 Å². The van der Waals surface area contributed by atoms with E-state index >= 15 is 0 Å². The van der Waals surface area contributed by atoms with Crippen LogP contribution >= 0.6 is 0 Å². The fourth-order valence-corrected chi connectivity index (χ4v) is 12.8. The molecular weight excluding hydrogens is 1110 g/mol. The van der Waals surface area contributed by atoms with Crippen molar-refractivity contribution >= 4 is 47.5 Å². The van der Waals surface area contributed by atoms with Crippen LogP contribution in [0.4, 0.5) is 9.59 Å². The average molecular weight is 1200 g/mol. The van der Waals surface area contributed by atoms with Gasteiger partial charge in [-0.3, -0.25) is 38.6 Å². The lowest BCUT2D eigenvalue weighted by Gasteiger charge is -2.41. The minimum Gasteiger partial charge on any atom is -0.464 e. The fourth-order valence-electron chi connectivity index (χ4n) is 12.8. The summed E-state index contributed by atoms with van der Waals surface area (Å²) in [7, 11) is 3.28. The van der Waals surface area contributed by atoms with Gasteiger partial charge in [-0.15, -0.1) is 10.2 Å². The van der Waals surface area contributed by atoms with Crippen LogP contribution in [0.3, 0.4) is 0 Å². The van der Waals surface area contributed by atoms with Crippen molar-refractivity contribution in [2.24, 2.45) is 35.5 Å². The van der Waals surface area contributed by atoms with Gasteiger partial charge in [-0.1, -0.05) is 10.4 Å². The molecule has 0 aromatic carbocycles. The predicted octanol–water partition coefficient (Wildman–Crippen LogP) is 0.290. The molecule has 4 aliphatic carbocycles. The summed E-state index contributed by atoms with van der Waals surface area (Å²) in [6, 6.07) is -1.05. The minimum absolute atomic E-state index is 0.0114. The van der Waals surface area contributed by atoms with Gasteiger partial charge in [0.2, 0.25) is 11.8 Å². The topological polar surface area (TPSA) is 309 Å². The molecule has 2 unspecified atom stereocenters. The van der Waals surface area contributed by atoms with Crippen molar-refractivity contribution in [2.45, 2.75) is 110 Å². The van der Waals surface area contributed by atoms with Gasteiger partial charge in [0.25, 0.3) is 0 Å². The Labute approximate surface area is 496 Å². The number of esters is 2. The number of fused-ring (bicyclic) bond motifs is 4. The molecule has 2 aliphatic heterocycles. The molecule has 8 atom stereocenters. The molecule has 0 bridgehead atoms. The predicted molar refractivity (Wildman–Crippen MR) is 299 cm³/mol. The van der Waals surface area contributed by atoms with E-state index in [1.165, 1.54) is 13.8 Å². The third-order valence-electron chi connectivity index (χ3n) is 17.5. The molecule has 8 rings (SSSR count). The van der Waals surface area contributed by atoms with E-state index < -0.39 is 36.2 Å².